The van der Waals surface area contributed by atoms with Crippen LogP contribution < -0.4 is 42.2 Å². The normalized spacial score (nSPS) is 13.7. The zero-order valence-corrected chi connectivity index (χ0v) is 41.1. The molecule has 372 valence electrons. The van der Waals surface area contributed by atoms with Gasteiger partial charge >= 0.3 is 0 Å². The number of anilines is 5. The number of nitrogens with one attached hydrogen (secondary N) is 4. The third kappa shape index (κ3) is 11.5. The molecule has 1 atom stereocenters. The van der Waals surface area contributed by atoms with Gasteiger partial charge in [-0.15, -0.1) is 4.57 Å². The molecule has 8 N–H and O–H groups in total. The average Bonchev–Trinajstić information content (AvgIpc) is 3.44. The number of benzene rings is 4. The first-order valence-corrected chi connectivity index (χ1v) is 25.4. The molecule has 4 aromatic carbocycles. The van der Waals surface area contributed by atoms with Gasteiger partial charge in [0.05, 0.1) is 48.3 Å². The number of amides is 2. The monoisotopic (exact) mass is 983 g/mol. The number of aliphatic imine (C=N–C) groups is 2. The first-order chi connectivity index (χ1) is 36.3. The predicted octanol–water partition coefficient (Wildman–Crippen LogP) is 9.18. The third-order valence-electron chi connectivity index (χ3n) is 13.2. The number of carbonyl (C=O) groups excluding carboxylic acids is 2. The molecule has 1 unspecified atom stereocenters. The second kappa shape index (κ2) is 23.0. The standard InChI is InChI=1S/C58H58N14O2/c59-53-31-49-45(35-65-53)69-47-37-67-55(33-51(47)71(49)43-15-7-5-8-16-43)61-27-11-1-3-13-29-63-57(73)41-23-19-39(20-24-41)40-21-25-42(26-22-40)58(74)64-30-14-4-2-12-28-62-56-34-52-48(38-68-56)70-46-36-66-54(60)32-50(46)72(52)44-17-9-6-10-18-44/h5-10,15-26,31-38,51,61H,1-4,11-14,27-30H2,(H6,59,60,62,63,64,65,66,67,68,73,74)/p+1. The van der Waals surface area contributed by atoms with E-state index in [4.69, 9.17) is 21.4 Å². The fourth-order valence-electron chi connectivity index (χ4n) is 9.31. The van der Waals surface area contributed by atoms with E-state index in [1.54, 1.807) is 18.6 Å². The summed E-state index contributed by atoms with van der Waals surface area (Å²) in [6.07, 6.45) is 16.9. The second-order valence-corrected chi connectivity index (χ2v) is 18.4. The number of rotatable bonds is 21. The van der Waals surface area contributed by atoms with Crippen LogP contribution >= 0.6 is 0 Å². The number of aromatic nitrogens is 5. The molecular formula is C58H59N14O2+. The zero-order valence-electron chi connectivity index (χ0n) is 41.1. The van der Waals surface area contributed by atoms with E-state index >= 15 is 0 Å². The molecule has 74 heavy (non-hydrogen) atoms. The van der Waals surface area contributed by atoms with Gasteiger partial charge in [-0.1, -0.05) is 86.3 Å². The maximum absolute atomic E-state index is 13.0. The largest absolute Gasteiger partial charge is 0.384 e. The van der Waals surface area contributed by atoms with Crippen molar-refractivity contribution in [1.82, 2.24) is 35.9 Å². The first-order valence-electron chi connectivity index (χ1n) is 25.4. The Kier molecular flexibility index (Phi) is 15.1. The number of pyridine rings is 3. The number of nitrogens with two attached hydrogens (primary N) is 2. The smallest absolute Gasteiger partial charge is 0.251 e. The van der Waals surface area contributed by atoms with Crippen molar-refractivity contribution in [2.24, 2.45) is 9.98 Å². The lowest BCUT2D eigenvalue weighted by Gasteiger charge is -2.37. The summed E-state index contributed by atoms with van der Waals surface area (Å²) in [5, 5.41) is 13.1. The number of hydrogen-bond acceptors (Lipinski definition) is 13. The van der Waals surface area contributed by atoms with Crippen molar-refractivity contribution < 1.29 is 14.2 Å². The molecule has 2 aliphatic rings. The highest BCUT2D eigenvalue weighted by Gasteiger charge is 2.32. The van der Waals surface area contributed by atoms with Crippen LogP contribution in [0, 0.1) is 0 Å². The van der Waals surface area contributed by atoms with Gasteiger partial charge in [-0.3, -0.25) is 9.59 Å². The summed E-state index contributed by atoms with van der Waals surface area (Å²) in [5.41, 5.74) is 23.2. The number of hydrogen-bond donors (Lipinski definition) is 6. The topological polar surface area (TPSA) is 218 Å². The summed E-state index contributed by atoms with van der Waals surface area (Å²) in [6, 6.07) is 41.1. The van der Waals surface area contributed by atoms with Gasteiger partial charge in [-0.25, -0.2) is 29.9 Å². The first kappa shape index (κ1) is 48.6. The van der Waals surface area contributed by atoms with Gasteiger partial charge in [0.1, 0.15) is 35.0 Å². The van der Waals surface area contributed by atoms with Crippen LogP contribution in [0.1, 0.15) is 72.1 Å². The maximum Gasteiger partial charge on any atom is 0.251 e. The van der Waals surface area contributed by atoms with Crippen LogP contribution in [0.2, 0.25) is 0 Å². The Hall–Kier alpha value is -9.05. The molecule has 10 rings (SSSR count). The Balaban J connectivity index is 0.600. The lowest BCUT2D eigenvalue weighted by atomic mass is 10.0. The maximum atomic E-state index is 13.0. The number of carbonyl (C=O) groups is 2. The highest BCUT2D eigenvalue weighted by atomic mass is 16.2. The van der Waals surface area contributed by atoms with Crippen molar-refractivity contribution in [3.05, 3.63) is 169 Å². The van der Waals surface area contributed by atoms with E-state index in [0.717, 1.165) is 138 Å². The molecule has 0 saturated heterocycles. The molecule has 16 heteroatoms. The predicted molar refractivity (Wildman–Crippen MR) is 295 cm³/mol. The van der Waals surface area contributed by atoms with Crippen LogP contribution in [0.5, 0.6) is 0 Å². The summed E-state index contributed by atoms with van der Waals surface area (Å²) < 4.78 is 2.14. The molecule has 0 saturated carbocycles. The summed E-state index contributed by atoms with van der Waals surface area (Å²) in [7, 11) is 0. The molecule has 0 radical (unpaired) electrons. The molecule has 16 nitrogen and oxygen atoms in total. The minimum Gasteiger partial charge on any atom is -0.384 e. The van der Waals surface area contributed by atoms with E-state index in [1.165, 1.54) is 0 Å². The quantitative estimate of drug-likeness (QED) is 0.0227. The number of unbranched alkanes of at least 4 members (excludes halogenated alkanes) is 6. The average molecular weight is 984 g/mol. The molecule has 0 bridgehead atoms. The van der Waals surface area contributed by atoms with Gasteiger partial charge in [0.25, 0.3) is 11.8 Å². The Bertz CT molecular complexity index is 3360. The van der Waals surface area contributed by atoms with Gasteiger partial charge < -0.3 is 37.6 Å². The molecule has 6 heterocycles. The van der Waals surface area contributed by atoms with E-state index in [2.05, 4.69) is 81.0 Å². The Labute approximate surface area is 429 Å². The molecule has 4 aromatic heterocycles. The van der Waals surface area contributed by atoms with E-state index < -0.39 is 0 Å². The number of nitrogen functional groups attached to an aromatic ring is 2. The van der Waals surface area contributed by atoms with Gasteiger partial charge in [0.2, 0.25) is 16.7 Å². The van der Waals surface area contributed by atoms with E-state index in [-0.39, 0.29) is 17.9 Å². The molecule has 0 spiro atoms. The van der Waals surface area contributed by atoms with Crippen LogP contribution in [-0.2, 0) is 0 Å². The lowest BCUT2D eigenvalue weighted by molar-refractivity contribution is -0.538. The minimum atomic E-state index is -0.133. The Morgan fingerprint density at radius 1 is 0.581 bits per heavy atom. The number of fused-ring (bicyclic) bond motifs is 4. The van der Waals surface area contributed by atoms with E-state index in [1.807, 2.05) is 109 Å². The fourth-order valence-corrected chi connectivity index (χ4v) is 9.31. The van der Waals surface area contributed by atoms with Crippen molar-refractivity contribution in [2.45, 2.75) is 57.4 Å². The minimum absolute atomic E-state index is 0.0895. The molecule has 2 amide bonds. The van der Waals surface area contributed by atoms with Gasteiger partial charge in [-0.05, 0) is 79.3 Å². The molecule has 0 aliphatic carbocycles. The molecule has 2 aliphatic heterocycles. The van der Waals surface area contributed by atoms with Crippen LogP contribution in [0.4, 0.5) is 34.5 Å². The second-order valence-electron chi connectivity index (χ2n) is 18.4. The lowest BCUT2D eigenvalue weighted by Crippen LogP contribution is -2.42. The van der Waals surface area contributed by atoms with Gasteiger partial charge in [-0.2, -0.15) is 0 Å². The highest BCUT2D eigenvalue weighted by Crippen LogP contribution is 2.41. The summed E-state index contributed by atoms with van der Waals surface area (Å²) in [4.78, 5) is 55.6. The Morgan fingerprint density at radius 2 is 1.14 bits per heavy atom. The van der Waals surface area contributed by atoms with Crippen LogP contribution in [0.25, 0.3) is 38.9 Å². The van der Waals surface area contributed by atoms with Crippen molar-refractivity contribution in [3.63, 3.8) is 0 Å². The van der Waals surface area contributed by atoms with Crippen LogP contribution in [-0.4, -0.2) is 75.9 Å². The van der Waals surface area contributed by atoms with E-state index in [9.17, 15) is 9.59 Å². The van der Waals surface area contributed by atoms with Crippen molar-refractivity contribution in [1.29, 1.82) is 0 Å². The highest BCUT2D eigenvalue weighted by molar-refractivity contribution is 6.37. The zero-order chi connectivity index (χ0) is 50.6. The molecule has 8 aromatic rings. The molecular weight excluding hydrogens is 925 g/mol. The van der Waals surface area contributed by atoms with Crippen molar-refractivity contribution >= 4 is 80.3 Å². The summed E-state index contributed by atoms with van der Waals surface area (Å²) in [5.74, 6) is 2.28. The molecule has 0 fully saturated rings. The SMILES string of the molecule is Nc1cc2c(cn1)N=C1C=NC(NCCCCCCNC(=O)c3ccc(-c4ccc(C(=O)NCCCCCCNc5cc6c(cn5)nc5cnc(N)cc5[n+]6-c5ccccc5)cc4)cc3)=CC1N2c1ccccc1. The Morgan fingerprint density at radius 3 is 1.78 bits per heavy atom. The summed E-state index contributed by atoms with van der Waals surface area (Å²) in [6.45, 7) is 2.78. The van der Waals surface area contributed by atoms with Gasteiger partial charge in [0.15, 0.2) is 11.0 Å². The number of para-hydroxylation sites is 2. The van der Waals surface area contributed by atoms with Crippen molar-refractivity contribution in [2.75, 3.05) is 47.9 Å². The number of nitrogens with zero attached hydrogens (tertiary/aromatic N) is 8. The fraction of sp³-hybridized carbons (Fsp3) is 0.224. The third-order valence-corrected chi connectivity index (χ3v) is 13.2. The van der Waals surface area contributed by atoms with E-state index in [0.29, 0.717) is 35.9 Å². The van der Waals surface area contributed by atoms with Gasteiger partial charge in [0, 0.05) is 61.2 Å². The van der Waals surface area contributed by atoms with Crippen LogP contribution in [0.15, 0.2) is 168 Å². The van der Waals surface area contributed by atoms with Crippen LogP contribution in [0.3, 0.4) is 0 Å². The summed E-state index contributed by atoms with van der Waals surface area (Å²) >= 11 is 0. The van der Waals surface area contributed by atoms with Crippen molar-refractivity contribution in [3.8, 4) is 16.8 Å².